The molecule has 2 nitrogen and oxygen atoms in total. The molecule has 1 saturated carbocycles. The van der Waals surface area contributed by atoms with Crippen molar-refractivity contribution >= 4 is 12.4 Å². The van der Waals surface area contributed by atoms with E-state index >= 15 is 0 Å². The third-order valence-corrected chi connectivity index (χ3v) is 1.95. The van der Waals surface area contributed by atoms with Gasteiger partial charge in [0.15, 0.2) is 0 Å². The van der Waals surface area contributed by atoms with Gasteiger partial charge in [0.1, 0.15) is 0 Å². The molecule has 2 atom stereocenters. The molecule has 3 heteroatoms. The molecule has 0 radical (unpaired) electrons. The van der Waals surface area contributed by atoms with E-state index in [1.165, 1.54) is 0 Å². The molecule has 1 rings (SSSR count). The van der Waals surface area contributed by atoms with Gasteiger partial charge in [-0.15, -0.1) is 12.4 Å². The molecule has 0 spiro atoms. The molecule has 9 heavy (non-hydrogen) atoms. The minimum absolute atomic E-state index is 0. The van der Waals surface area contributed by atoms with E-state index in [-0.39, 0.29) is 24.0 Å². The van der Waals surface area contributed by atoms with Crippen LogP contribution in [0.2, 0.25) is 0 Å². The Bertz CT molecular complexity index is 95.1. The molecule has 0 heterocycles. The van der Waals surface area contributed by atoms with Crippen LogP contribution in [0, 0.1) is 0 Å². The number of aliphatic hydroxyl groups excluding tert-OH is 1. The number of hydrogen-bond donors (Lipinski definition) is 2. The fraction of sp³-hybridized carbons (Fsp3) is 1.00. The Labute approximate surface area is 61.8 Å². The van der Waals surface area contributed by atoms with Gasteiger partial charge in [-0.1, -0.05) is 0 Å². The van der Waals surface area contributed by atoms with Crippen LogP contribution < -0.4 is 5.73 Å². The second kappa shape index (κ2) is 2.86. The first-order valence-corrected chi connectivity index (χ1v) is 3.10. The molecule has 0 amide bonds. The molecule has 0 aromatic carbocycles. The molecular formula is C6H14ClNO. The number of nitrogens with two attached hydrogens (primary N) is 1. The highest BCUT2D eigenvalue weighted by molar-refractivity contribution is 5.85. The number of hydrogen-bond acceptors (Lipinski definition) is 2. The summed E-state index contributed by atoms with van der Waals surface area (Å²) in [7, 11) is 0. The summed E-state index contributed by atoms with van der Waals surface area (Å²) in [5.74, 6) is 0. The van der Waals surface area contributed by atoms with Crippen molar-refractivity contribution in [2.24, 2.45) is 5.73 Å². The van der Waals surface area contributed by atoms with Gasteiger partial charge in [-0.05, 0) is 26.2 Å². The zero-order valence-electron chi connectivity index (χ0n) is 5.63. The minimum Gasteiger partial charge on any atom is -0.391 e. The van der Waals surface area contributed by atoms with E-state index in [0.29, 0.717) is 0 Å². The van der Waals surface area contributed by atoms with E-state index in [1.54, 1.807) is 0 Å². The molecule has 56 valence electrons. The lowest BCUT2D eigenvalue weighted by Gasteiger charge is -2.21. The average molecular weight is 152 g/mol. The van der Waals surface area contributed by atoms with Gasteiger partial charge in [-0.25, -0.2) is 0 Å². The van der Waals surface area contributed by atoms with Crippen LogP contribution in [0.4, 0.5) is 0 Å². The summed E-state index contributed by atoms with van der Waals surface area (Å²) in [6.07, 6.45) is 2.66. The van der Waals surface area contributed by atoms with Crippen molar-refractivity contribution in [1.29, 1.82) is 0 Å². The molecule has 0 aromatic rings. The predicted molar refractivity (Wildman–Crippen MR) is 39.7 cm³/mol. The van der Waals surface area contributed by atoms with Gasteiger partial charge >= 0.3 is 0 Å². The fourth-order valence-corrected chi connectivity index (χ4v) is 1.17. The van der Waals surface area contributed by atoms with E-state index in [2.05, 4.69) is 0 Å². The SMILES string of the molecule is CC1(N)CCCC1O.Cl. The monoisotopic (exact) mass is 151 g/mol. The molecule has 1 aliphatic rings. The van der Waals surface area contributed by atoms with Crippen molar-refractivity contribution in [3.05, 3.63) is 0 Å². The molecule has 2 unspecified atom stereocenters. The van der Waals surface area contributed by atoms with Crippen LogP contribution in [0.5, 0.6) is 0 Å². The smallest absolute Gasteiger partial charge is 0.0716 e. The van der Waals surface area contributed by atoms with Crippen molar-refractivity contribution in [2.45, 2.75) is 37.8 Å². The van der Waals surface area contributed by atoms with Gasteiger partial charge < -0.3 is 10.8 Å². The number of rotatable bonds is 0. The van der Waals surface area contributed by atoms with E-state index in [4.69, 9.17) is 10.8 Å². The van der Waals surface area contributed by atoms with Gasteiger partial charge in [-0.2, -0.15) is 0 Å². The Morgan fingerprint density at radius 1 is 1.67 bits per heavy atom. The maximum Gasteiger partial charge on any atom is 0.0716 e. The van der Waals surface area contributed by atoms with Crippen molar-refractivity contribution in [2.75, 3.05) is 0 Å². The zero-order chi connectivity index (χ0) is 6.20. The second-order valence-electron chi connectivity index (χ2n) is 2.91. The highest BCUT2D eigenvalue weighted by Crippen LogP contribution is 2.26. The third-order valence-electron chi connectivity index (χ3n) is 1.95. The first-order chi connectivity index (χ1) is 3.63. The van der Waals surface area contributed by atoms with Crippen LogP contribution in [0.25, 0.3) is 0 Å². The van der Waals surface area contributed by atoms with Crippen LogP contribution >= 0.6 is 12.4 Å². The maximum atomic E-state index is 9.13. The van der Waals surface area contributed by atoms with Crippen LogP contribution in [0.3, 0.4) is 0 Å². The second-order valence-corrected chi connectivity index (χ2v) is 2.91. The quantitative estimate of drug-likeness (QED) is 0.535. The normalized spacial score (nSPS) is 42.3. The standard InChI is InChI=1S/C6H13NO.ClH/c1-6(7)4-2-3-5(6)8;/h5,8H,2-4,7H2,1H3;1H. The molecule has 1 aliphatic carbocycles. The third kappa shape index (κ3) is 1.81. The first kappa shape index (κ1) is 9.21. The first-order valence-electron chi connectivity index (χ1n) is 3.10. The summed E-state index contributed by atoms with van der Waals surface area (Å²) in [5.41, 5.74) is 5.38. The topological polar surface area (TPSA) is 46.2 Å². The lowest BCUT2D eigenvalue weighted by molar-refractivity contribution is 0.120. The summed E-state index contributed by atoms with van der Waals surface area (Å²) < 4.78 is 0. The molecule has 1 fully saturated rings. The summed E-state index contributed by atoms with van der Waals surface area (Å²) in [6, 6.07) is 0. The Hall–Kier alpha value is 0.210. The summed E-state index contributed by atoms with van der Waals surface area (Å²) >= 11 is 0. The van der Waals surface area contributed by atoms with E-state index in [1.807, 2.05) is 6.92 Å². The molecule has 0 aromatic heterocycles. The maximum absolute atomic E-state index is 9.13. The Morgan fingerprint density at radius 3 is 2.33 bits per heavy atom. The van der Waals surface area contributed by atoms with Gasteiger partial charge in [0.05, 0.1) is 6.10 Å². The van der Waals surface area contributed by atoms with Gasteiger partial charge in [-0.3, -0.25) is 0 Å². The van der Waals surface area contributed by atoms with Gasteiger partial charge in [0, 0.05) is 5.54 Å². The van der Waals surface area contributed by atoms with Crippen LogP contribution in [0.1, 0.15) is 26.2 Å². The fourth-order valence-electron chi connectivity index (χ4n) is 1.17. The lowest BCUT2D eigenvalue weighted by Crippen LogP contribution is -2.43. The largest absolute Gasteiger partial charge is 0.391 e. The molecular weight excluding hydrogens is 138 g/mol. The minimum atomic E-state index is -0.292. The molecule has 0 saturated heterocycles. The summed E-state index contributed by atoms with van der Waals surface area (Å²) in [5, 5.41) is 9.13. The Balaban J connectivity index is 0.000000640. The average Bonchev–Trinajstić information content (AvgIpc) is 1.86. The zero-order valence-corrected chi connectivity index (χ0v) is 6.45. The Kier molecular flexibility index (Phi) is 2.93. The van der Waals surface area contributed by atoms with E-state index < -0.39 is 0 Å². The lowest BCUT2D eigenvalue weighted by atomic mass is 10.0. The summed E-state index contributed by atoms with van der Waals surface area (Å²) in [4.78, 5) is 0. The predicted octanol–water partition coefficient (Wildman–Crippen LogP) is 0.670. The van der Waals surface area contributed by atoms with Crippen LogP contribution in [-0.4, -0.2) is 16.7 Å². The van der Waals surface area contributed by atoms with Gasteiger partial charge in [0.25, 0.3) is 0 Å². The molecule has 0 bridgehead atoms. The van der Waals surface area contributed by atoms with Crippen LogP contribution in [0.15, 0.2) is 0 Å². The summed E-state index contributed by atoms with van der Waals surface area (Å²) in [6.45, 7) is 1.91. The van der Waals surface area contributed by atoms with E-state index in [0.717, 1.165) is 19.3 Å². The molecule has 0 aliphatic heterocycles. The number of aliphatic hydroxyl groups is 1. The van der Waals surface area contributed by atoms with Crippen molar-refractivity contribution in [3.63, 3.8) is 0 Å². The molecule has 3 N–H and O–H groups in total. The number of halogens is 1. The van der Waals surface area contributed by atoms with Crippen LogP contribution in [-0.2, 0) is 0 Å². The van der Waals surface area contributed by atoms with Crippen molar-refractivity contribution < 1.29 is 5.11 Å². The highest BCUT2D eigenvalue weighted by atomic mass is 35.5. The van der Waals surface area contributed by atoms with Crippen molar-refractivity contribution in [3.8, 4) is 0 Å². The Morgan fingerprint density at radius 2 is 2.22 bits per heavy atom. The van der Waals surface area contributed by atoms with E-state index in [9.17, 15) is 0 Å². The highest BCUT2D eigenvalue weighted by Gasteiger charge is 2.32. The van der Waals surface area contributed by atoms with Crippen molar-refractivity contribution in [1.82, 2.24) is 0 Å². The van der Waals surface area contributed by atoms with Gasteiger partial charge in [0.2, 0.25) is 0 Å².